The van der Waals surface area contributed by atoms with E-state index < -0.39 is 12.0 Å². The van der Waals surface area contributed by atoms with Crippen LogP contribution in [0.1, 0.15) is 16.5 Å². The first-order chi connectivity index (χ1) is 12.5. The molecule has 134 valence electrons. The summed E-state index contributed by atoms with van der Waals surface area (Å²) in [5.41, 5.74) is 3.27. The molecule has 2 atom stereocenters. The fourth-order valence-electron chi connectivity index (χ4n) is 3.24. The number of para-hydroxylation sites is 1. The summed E-state index contributed by atoms with van der Waals surface area (Å²) >= 11 is 13.8. The Bertz CT molecular complexity index is 989. The van der Waals surface area contributed by atoms with Crippen LogP contribution in [0.3, 0.4) is 0 Å². The SMILES string of the molecule is O=C(O)[C@H]1CS[C@H](c2cn(Cc3ccc(Cl)c(Cl)c3)c3ccccc23)N1. The molecule has 2 N–H and O–H groups in total. The maximum Gasteiger partial charge on any atom is 0.321 e. The Kier molecular flexibility index (Phi) is 4.88. The molecule has 0 unspecified atom stereocenters. The second-order valence-corrected chi connectivity index (χ2v) is 8.20. The standard InChI is InChI=1S/C19H16Cl2N2O2S/c20-14-6-5-11(7-15(14)21)8-23-9-13(12-3-1-2-4-17(12)23)18-22-16(10-26-18)19(24)25/h1-7,9,16,18,22H,8,10H2,(H,24,25)/t16-,18-/m1/s1. The molecule has 0 spiro atoms. The number of nitrogens with one attached hydrogen (secondary N) is 1. The number of aromatic nitrogens is 1. The predicted octanol–water partition coefficient (Wildman–Crippen LogP) is 4.78. The predicted molar refractivity (Wildman–Crippen MR) is 107 cm³/mol. The van der Waals surface area contributed by atoms with Gasteiger partial charge in [0.05, 0.1) is 15.4 Å². The number of rotatable bonds is 4. The lowest BCUT2D eigenvalue weighted by Gasteiger charge is -2.10. The van der Waals surface area contributed by atoms with Crippen molar-refractivity contribution in [2.75, 3.05) is 5.75 Å². The van der Waals surface area contributed by atoms with Gasteiger partial charge in [-0.1, -0.05) is 47.5 Å². The normalized spacial score (nSPS) is 19.9. The van der Waals surface area contributed by atoms with Gasteiger partial charge in [0.25, 0.3) is 0 Å². The van der Waals surface area contributed by atoms with Gasteiger partial charge in [0.2, 0.25) is 0 Å². The Balaban J connectivity index is 1.70. The van der Waals surface area contributed by atoms with Gasteiger partial charge in [-0.2, -0.15) is 0 Å². The van der Waals surface area contributed by atoms with Crippen LogP contribution in [-0.2, 0) is 11.3 Å². The van der Waals surface area contributed by atoms with Crippen LogP contribution in [0.25, 0.3) is 10.9 Å². The topological polar surface area (TPSA) is 54.3 Å². The van der Waals surface area contributed by atoms with Crippen LogP contribution in [0.15, 0.2) is 48.7 Å². The Morgan fingerprint density at radius 1 is 1.23 bits per heavy atom. The third kappa shape index (κ3) is 3.32. The second-order valence-electron chi connectivity index (χ2n) is 6.25. The molecule has 1 aromatic heterocycles. The molecular formula is C19H16Cl2N2O2S. The van der Waals surface area contributed by atoms with Crippen LogP contribution in [0.2, 0.25) is 10.0 Å². The van der Waals surface area contributed by atoms with Crippen LogP contribution in [0.4, 0.5) is 0 Å². The van der Waals surface area contributed by atoms with Gasteiger partial charge in [0.1, 0.15) is 6.04 Å². The summed E-state index contributed by atoms with van der Waals surface area (Å²) in [6.45, 7) is 0.664. The molecule has 0 bridgehead atoms. The minimum absolute atomic E-state index is 0.0314. The van der Waals surface area contributed by atoms with E-state index in [2.05, 4.69) is 28.2 Å². The highest BCUT2D eigenvalue weighted by atomic mass is 35.5. The highest BCUT2D eigenvalue weighted by Gasteiger charge is 2.32. The van der Waals surface area contributed by atoms with Crippen molar-refractivity contribution in [2.24, 2.45) is 0 Å². The Labute approximate surface area is 165 Å². The minimum atomic E-state index is -0.806. The zero-order valence-corrected chi connectivity index (χ0v) is 16.0. The van der Waals surface area contributed by atoms with Gasteiger partial charge < -0.3 is 9.67 Å². The molecule has 1 aliphatic rings. The van der Waals surface area contributed by atoms with Gasteiger partial charge in [-0.25, -0.2) is 0 Å². The molecule has 0 aliphatic carbocycles. The van der Waals surface area contributed by atoms with E-state index in [9.17, 15) is 9.90 Å². The minimum Gasteiger partial charge on any atom is -0.480 e. The monoisotopic (exact) mass is 406 g/mol. The van der Waals surface area contributed by atoms with Crippen molar-refractivity contribution in [1.29, 1.82) is 0 Å². The largest absolute Gasteiger partial charge is 0.480 e. The van der Waals surface area contributed by atoms with Crippen molar-refractivity contribution in [3.05, 3.63) is 69.8 Å². The fraction of sp³-hybridized carbons (Fsp3) is 0.211. The lowest BCUT2D eigenvalue weighted by molar-refractivity contribution is -0.138. The molecule has 26 heavy (non-hydrogen) atoms. The van der Waals surface area contributed by atoms with E-state index in [0.717, 1.165) is 22.0 Å². The van der Waals surface area contributed by atoms with Crippen molar-refractivity contribution in [3.8, 4) is 0 Å². The molecule has 7 heteroatoms. The lowest BCUT2D eigenvalue weighted by Crippen LogP contribution is -2.33. The molecule has 1 fully saturated rings. The van der Waals surface area contributed by atoms with Crippen molar-refractivity contribution in [3.63, 3.8) is 0 Å². The summed E-state index contributed by atoms with van der Waals surface area (Å²) in [6, 6.07) is 13.3. The first-order valence-electron chi connectivity index (χ1n) is 8.15. The molecule has 0 saturated carbocycles. The smallest absolute Gasteiger partial charge is 0.321 e. The van der Waals surface area contributed by atoms with Gasteiger partial charge in [-0.3, -0.25) is 10.1 Å². The molecular weight excluding hydrogens is 391 g/mol. The maximum absolute atomic E-state index is 11.2. The number of carbonyl (C=O) groups is 1. The number of aliphatic carboxylic acids is 1. The summed E-state index contributed by atoms with van der Waals surface area (Å²) in [6.07, 6.45) is 2.10. The van der Waals surface area contributed by atoms with Gasteiger partial charge in [0, 0.05) is 35.0 Å². The van der Waals surface area contributed by atoms with E-state index in [4.69, 9.17) is 23.2 Å². The molecule has 1 aliphatic heterocycles. The molecule has 4 nitrogen and oxygen atoms in total. The van der Waals surface area contributed by atoms with Gasteiger partial charge >= 0.3 is 5.97 Å². The number of fused-ring (bicyclic) bond motifs is 1. The molecule has 0 amide bonds. The third-order valence-corrected chi connectivity index (χ3v) is 6.51. The molecule has 3 aromatic rings. The van der Waals surface area contributed by atoms with Crippen molar-refractivity contribution < 1.29 is 9.90 Å². The number of carboxylic acid groups (broad SMARTS) is 1. The number of nitrogens with zero attached hydrogens (tertiary/aromatic N) is 1. The number of thioether (sulfide) groups is 1. The Morgan fingerprint density at radius 2 is 2.04 bits per heavy atom. The highest BCUT2D eigenvalue weighted by molar-refractivity contribution is 7.99. The third-order valence-electron chi connectivity index (χ3n) is 4.52. The second kappa shape index (κ2) is 7.16. The molecule has 4 rings (SSSR count). The summed E-state index contributed by atoms with van der Waals surface area (Å²) in [7, 11) is 0. The molecule has 0 radical (unpaired) electrons. The Hall–Kier alpha value is -1.66. The average Bonchev–Trinajstić information content (AvgIpc) is 3.24. The average molecular weight is 407 g/mol. The van der Waals surface area contributed by atoms with Crippen LogP contribution in [0.5, 0.6) is 0 Å². The quantitative estimate of drug-likeness (QED) is 0.654. The lowest BCUT2D eigenvalue weighted by atomic mass is 10.1. The number of halogens is 2. The van der Waals surface area contributed by atoms with E-state index in [1.807, 2.05) is 24.3 Å². The van der Waals surface area contributed by atoms with Crippen molar-refractivity contribution in [1.82, 2.24) is 9.88 Å². The van der Waals surface area contributed by atoms with Crippen LogP contribution in [-0.4, -0.2) is 27.4 Å². The van der Waals surface area contributed by atoms with E-state index >= 15 is 0 Å². The van der Waals surface area contributed by atoms with E-state index in [0.29, 0.717) is 22.3 Å². The highest BCUT2D eigenvalue weighted by Crippen LogP contribution is 2.38. The first kappa shape index (κ1) is 17.7. The number of carboxylic acids is 1. The van der Waals surface area contributed by atoms with Gasteiger partial charge in [-0.15, -0.1) is 11.8 Å². The van der Waals surface area contributed by atoms with Crippen molar-refractivity contribution in [2.45, 2.75) is 18.0 Å². The summed E-state index contributed by atoms with van der Waals surface area (Å²) in [5.74, 6) is -0.244. The summed E-state index contributed by atoms with van der Waals surface area (Å²) in [4.78, 5) is 11.2. The number of hydrogen-bond donors (Lipinski definition) is 2. The molecule has 2 heterocycles. The van der Waals surface area contributed by atoms with Crippen LogP contribution >= 0.6 is 35.0 Å². The zero-order chi connectivity index (χ0) is 18.3. The fourth-order valence-corrected chi connectivity index (χ4v) is 4.82. The van der Waals surface area contributed by atoms with E-state index in [-0.39, 0.29) is 5.37 Å². The van der Waals surface area contributed by atoms with Gasteiger partial charge in [0.15, 0.2) is 0 Å². The van der Waals surface area contributed by atoms with E-state index in [1.54, 1.807) is 17.8 Å². The molecule has 1 saturated heterocycles. The van der Waals surface area contributed by atoms with Crippen LogP contribution in [0, 0.1) is 0 Å². The first-order valence-corrected chi connectivity index (χ1v) is 9.95. The maximum atomic E-state index is 11.2. The van der Waals surface area contributed by atoms with Crippen molar-refractivity contribution >= 4 is 51.8 Å². The van der Waals surface area contributed by atoms with Crippen LogP contribution < -0.4 is 5.32 Å². The molecule has 2 aromatic carbocycles. The summed E-state index contributed by atoms with van der Waals surface area (Å²) in [5, 5.41) is 14.6. The number of hydrogen-bond acceptors (Lipinski definition) is 3. The summed E-state index contributed by atoms with van der Waals surface area (Å²) < 4.78 is 2.17. The van der Waals surface area contributed by atoms with E-state index in [1.165, 1.54) is 0 Å². The van der Waals surface area contributed by atoms with Gasteiger partial charge in [-0.05, 0) is 23.8 Å². The Morgan fingerprint density at radius 3 is 2.77 bits per heavy atom. The number of benzene rings is 2. The zero-order valence-electron chi connectivity index (χ0n) is 13.7.